The average Bonchev–Trinajstić information content (AvgIpc) is 3.54. The highest BCUT2D eigenvalue weighted by Gasteiger charge is 2.27. The summed E-state index contributed by atoms with van der Waals surface area (Å²) in [5, 5.41) is 27.4. The van der Waals surface area contributed by atoms with Gasteiger partial charge in [-0.3, -0.25) is 15.3 Å². The molecule has 15 heteroatoms. The molecule has 0 spiro atoms. The maximum Gasteiger partial charge on any atom is 0.354 e. The van der Waals surface area contributed by atoms with Gasteiger partial charge in [0.25, 0.3) is 5.88 Å². The number of aromatic hydroxyl groups is 1. The Hall–Kier alpha value is -5.02. The van der Waals surface area contributed by atoms with Crippen molar-refractivity contribution in [1.82, 2.24) is 19.4 Å². The van der Waals surface area contributed by atoms with Crippen LogP contribution in [0.3, 0.4) is 0 Å². The number of carbonyl (C=O) groups is 1. The molecule has 0 radical (unpaired) electrons. The van der Waals surface area contributed by atoms with E-state index in [1.165, 1.54) is 46.8 Å². The van der Waals surface area contributed by atoms with Crippen molar-refractivity contribution < 1.29 is 33.3 Å². The molecule has 1 atom stereocenters. The lowest BCUT2D eigenvalue weighted by molar-refractivity contribution is 0.0685. The van der Waals surface area contributed by atoms with E-state index in [2.05, 4.69) is 15.0 Å². The van der Waals surface area contributed by atoms with Crippen molar-refractivity contribution in [3.8, 4) is 28.9 Å². The number of nitrogens with two attached hydrogens (primary N) is 1. The van der Waals surface area contributed by atoms with Crippen LogP contribution in [0.5, 0.6) is 28.9 Å². The molecule has 216 valence electrons. The number of hydrogen-bond donors (Lipinski definition) is 4. The monoisotopic (exact) mass is 595 g/mol. The normalized spacial score (nSPS) is 14.7. The molecule has 12 nitrogen and oxygen atoms in total. The second-order valence-corrected chi connectivity index (χ2v) is 10.1. The van der Waals surface area contributed by atoms with Gasteiger partial charge in [0.2, 0.25) is 11.6 Å². The van der Waals surface area contributed by atoms with Crippen molar-refractivity contribution in [3.63, 3.8) is 0 Å². The molecule has 1 aliphatic heterocycles. The summed E-state index contributed by atoms with van der Waals surface area (Å²) in [6.07, 6.45) is 3.13. The van der Waals surface area contributed by atoms with Crippen LogP contribution in [0.4, 0.5) is 8.78 Å². The van der Waals surface area contributed by atoms with Gasteiger partial charge in [-0.15, -0.1) is 0 Å². The maximum absolute atomic E-state index is 15.6. The Kier molecular flexibility index (Phi) is 7.78. The Balaban J connectivity index is 1.50. The quantitative estimate of drug-likeness (QED) is 0.159. The van der Waals surface area contributed by atoms with Gasteiger partial charge in [-0.25, -0.2) is 19.2 Å². The number of ether oxygens (including phenoxy) is 2. The maximum atomic E-state index is 15.6. The number of nitrogens with zero attached hydrogens (tertiary/aromatic N) is 5. The van der Waals surface area contributed by atoms with Gasteiger partial charge in [-0.1, -0.05) is 11.8 Å². The van der Waals surface area contributed by atoms with Crippen LogP contribution < -0.4 is 15.2 Å². The number of nitrogens with one attached hydrogen (secondary N) is 1. The standard InChI is InChI=1S/C27H23F2N7O5S/c1-35-8-7-32-24(35)15-10-14(42-27-34-12-17(26(38)39)36(27)2)4-6-19(15)40-22-16(28)11-33-25(21(22)29)41-20-9-13(23(30)31)3-5-18(20)37/h3-7,9-12,24,37H,8H2,1-2H3,(H3,30,31)(H,38,39). The zero-order valence-electron chi connectivity index (χ0n) is 22.1. The molecule has 1 unspecified atom stereocenters. The molecule has 5 rings (SSSR count). The van der Waals surface area contributed by atoms with Crippen molar-refractivity contribution in [2.45, 2.75) is 16.2 Å². The molecule has 42 heavy (non-hydrogen) atoms. The number of phenolic OH excluding ortho intramolecular Hbond substituents is 1. The molecule has 0 saturated heterocycles. The Bertz CT molecular complexity index is 1750. The Morgan fingerprint density at radius 3 is 2.57 bits per heavy atom. The number of imidazole rings is 1. The smallest absolute Gasteiger partial charge is 0.354 e. The molecule has 2 aromatic carbocycles. The minimum absolute atomic E-state index is 0.0146. The van der Waals surface area contributed by atoms with Gasteiger partial charge in [0.05, 0.1) is 12.4 Å². The van der Waals surface area contributed by atoms with Gasteiger partial charge in [-0.05, 0) is 43.4 Å². The fourth-order valence-corrected chi connectivity index (χ4v) is 4.93. The summed E-state index contributed by atoms with van der Waals surface area (Å²) in [5.74, 6) is -5.83. The van der Waals surface area contributed by atoms with E-state index < -0.39 is 35.4 Å². The summed E-state index contributed by atoms with van der Waals surface area (Å²) >= 11 is 1.19. The SMILES string of the molecule is CN1CC=NC1c1cc(Sc2ncc(C(=O)O)n2C)ccc1Oc1c(F)cnc(Oc2cc(C(=N)N)ccc2O)c1F. The second-order valence-electron chi connectivity index (χ2n) is 9.09. The van der Waals surface area contributed by atoms with Crippen molar-refractivity contribution in [3.05, 3.63) is 77.2 Å². The third-order valence-corrected chi connectivity index (χ3v) is 7.31. The zero-order chi connectivity index (χ0) is 30.1. The first-order valence-electron chi connectivity index (χ1n) is 12.2. The third-order valence-electron chi connectivity index (χ3n) is 6.26. The molecule has 0 bridgehead atoms. The van der Waals surface area contributed by atoms with Gasteiger partial charge < -0.3 is 30.0 Å². The summed E-state index contributed by atoms with van der Waals surface area (Å²) in [6, 6.07) is 8.67. The van der Waals surface area contributed by atoms with Gasteiger partial charge in [0.15, 0.2) is 22.5 Å². The van der Waals surface area contributed by atoms with Crippen molar-refractivity contribution >= 4 is 29.8 Å². The first-order valence-corrected chi connectivity index (χ1v) is 13.0. The fourth-order valence-electron chi connectivity index (χ4n) is 4.06. The van der Waals surface area contributed by atoms with E-state index in [4.69, 9.17) is 20.6 Å². The Labute approximate surface area is 241 Å². The van der Waals surface area contributed by atoms with E-state index in [9.17, 15) is 19.4 Å². The first-order chi connectivity index (χ1) is 20.0. The molecule has 4 aromatic rings. The van der Waals surface area contributed by atoms with E-state index in [0.29, 0.717) is 28.4 Å². The number of hydrogen-bond acceptors (Lipinski definition) is 10. The molecule has 2 aromatic heterocycles. The highest BCUT2D eigenvalue weighted by Crippen LogP contribution is 2.41. The predicted molar refractivity (Wildman–Crippen MR) is 148 cm³/mol. The highest BCUT2D eigenvalue weighted by molar-refractivity contribution is 7.99. The predicted octanol–water partition coefficient (Wildman–Crippen LogP) is 4.53. The number of pyridine rings is 1. The molecule has 0 aliphatic carbocycles. The molecule has 5 N–H and O–H groups in total. The van der Waals surface area contributed by atoms with Gasteiger partial charge in [-0.2, -0.15) is 4.39 Å². The van der Waals surface area contributed by atoms with Crippen LogP contribution in [0.15, 0.2) is 63.8 Å². The van der Waals surface area contributed by atoms with Crippen molar-refractivity contribution in [1.29, 1.82) is 5.41 Å². The number of halogens is 2. The summed E-state index contributed by atoms with van der Waals surface area (Å²) in [5.41, 5.74) is 6.18. The lowest BCUT2D eigenvalue weighted by Crippen LogP contribution is -2.19. The van der Waals surface area contributed by atoms with Gasteiger partial charge >= 0.3 is 5.97 Å². The summed E-state index contributed by atoms with van der Waals surface area (Å²) in [4.78, 5) is 26.2. The van der Waals surface area contributed by atoms with Crippen molar-refractivity contribution in [2.24, 2.45) is 17.8 Å². The second kappa shape index (κ2) is 11.5. The summed E-state index contributed by atoms with van der Waals surface area (Å²) in [7, 11) is 3.40. The van der Waals surface area contributed by atoms with E-state index in [0.717, 1.165) is 0 Å². The molecule has 0 fully saturated rings. The molecule has 1 aliphatic rings. The number of nitrogen functional groups attached to an aromatic ring is 1. The number of phenols is 1. The number of aromatic nitrogens is 3. The number of benzene rings is 2. The van der Waals surface area contributed by atoms with Gasteiger partial charge in [0, 0.05) is 35.8 Å². The first kappa shape index (κ1) is 28.5. The largest absolute Gasteiger partial charge is 0.504 e. The van der Waals surface area contributed by atoms with E-state index in [-0.39, 0.29) is 34.3 Å². The molecular weight excluding hydrogens is 572 g/mol. The summed E-state index contributed by atoms with van der Waals surface area (Å²) in [6.45, 7) is 0.529. The average molecular weight is 596 g/mol. The van der Waals surface area contributed by atoms with Crippen molar-refractivity contribution in [2.75, 3.05) is 13.6 Å². The number of amidine groups is 1. The summed E-state index contributed by atoms with van der Waals surface area (Å²) < 4.78 is 43.1. The molecule has 0 saturated carbocycles. The topological polar surface area (TPSA) is 172 Å². The van der Waals surface area contributed by atoms with Crippen LogP contribution in [0.1, 0.15) is 27.8 Å². The Morgan fingerprint density at radius 1 is 1.12 bits per heavy atom. The molecule has 3 heterocycles. The van der Waals surface area contributed by atoms with Crippen LogP contribution in [-0.4, -0.2) is 61.3 Å². The number of rotatable bonds is 9. The lowest BCUT2D eigenvalue weighted by Gasteiger charge is -2.22. The van der Waals surface area contributed by atoms with E-state index in [1.807, 2.05) is 11.9 Å². The lowest BCUT2D eigenvalue weighted by atomic mass is 10.1. The molecule has 0 amide bonds. The highest BCUT2D eigenvalue weighted by atomic mass is 32.2. The van der Waals surface area contributed by atoms with Crippen LogP contribution in [0.25, 0.3) is 0 Å². The van der Waals surface area contributed by atoms with Gasteiger partial charge in [0.1, 0.15) is 23.4 Å². The minimum atomic E-state index is -1.27. The molecular formula is C27H23F2N7O5S. The fraction of sp³-hybridized carbons (Fsp3) is 0.148. The van der Waals surface area contributed by atoms with E-state index >= 15 is 4.39 Å². The van der Waals surface area contributed by atoms with Crippen LogP contribution >= 0.6 is 11.8 Å². The number of carboxylic acid groups (broad SMARTS) is 1. The van der Waals surface area contributed by atoms with E-state index in [1.54, 1.807) is 25.4 Å². The number of aliphatic imine (C=N–C) groups is 1. The minimum Gasteiger partial charge on any atom is -0.504 e. The van der Waals surface area contributed by atoms with Crippen LogP contribution in [0.2, 0.25) is 0 Å². The van der Waals surface area contributed by atoms with Crippen LogP contribution in [0, 0.1) is 17.0 Å². The van der Waals surface area contributed by atoms with Crippen LogP contribution in [-0.2, 0) is 7.05 Å². The zero-order valence-corrected chi connectivity index (χ0v) is 22.9. The Morgan fingerprint density at radius 2 is 1.90 bits per heavy atom. The third kappa shape index (κ3) is 5.59. The number of aromatic carboxylic acids is 1. The number of carboxylic acids is 1.